The molecule has 1 aromatic rings. The predicted octanol–water partition coefficient (Wildman–Crippen LogP) is 0.430. The number of amides is 1. The number of H-pyrrole nitrogens is 1. The Bertz CT molecular complexity index is 401. The van der Waals surface area contributed by atoms with E-state index in [1.165, 1.54) is 0 Å². The van der Waals surface area contributed by atoms with Crippen LogP contribution in [0.4, 0.5) is 4.79 Å². The van der Waals surface area contributed by atoms with E-state index in [0.29, 0.717) is 18.8 Å². The third kappa shape index (κ3) is 4.63. The van der Waals surface area contributed by atoms with E-state index in [1.54, 1.807) is 20.8 Å². The first-order valence-corrected chi connectivity index (χ1v) is 4.88. The maximum atomic E-state index is 11.2. The SMILES string of the molecule is CC(C)(C)OC(=O)NCCc1noc(=O)[nH]1. The summed E-state index contributed by atoms with van der Waals surface area (Å²) in [4.78, 5) is 24.2. The molecule has 1 amide bonds. The molecule has 0 radical (unpaired) electrons. The topological polar surface area (TPSA) is 97.2 Å². The number of nitrogens with zero attached hydrogens (tertiary/aromatic N) is 1. The first-order valence-electron chi connectivity index (χ1n) is 4.88. The molecule has 0 aliphatic carbocycles. The number of alkyl carbamates (subject to hydrolysis) is 1. The number of ether oxygens (including phenoxy) is 1. The fraction of sp³-hybridized carbons (Fsp3) is 0.667. The molecular formula is C9H15N3O4. The van der Waals surface area contributed by atoms with E-state index in [1.807, 2.05) is 0 Å². The highest BCUT2D eigenvalue weighted by Gasteiger charge is 2.15. The van der Waals surface area contributed by atoms with Crippen molar-refractivity contribution in [2.24, 2.45) is 0 Å². The average Bonchev–Trinajstić information content (AvgIpc) is 2.48. The molecule has 0 aliphatic heterocycles. The lowest BCUT2D eigenvalue weighted by molar-refractivity contribution is 0.0528. The van der Waals surface area contributed by atoms with Crippen LogP contribution in [0.15, 0.2) is 9.32 Å². The van der Waals surface area contributed by atoms with Gasteiger partial charge in [-0.05, 0) is 20.8 Å². The zero-order valence-corrected chi connectivity index (χ0v) is 9.49. The summed E-state index contributed by atoms with van der Waals surface area (Å²) in [5.74, 6) is -0.215. The van der Waals surface area contributed by atoms with Crippen LogP contribution in [-0.4, -0.2) is 28.4 Å². The Kier molecular flexibility index (Phi) is 3.70. The number of carbonyl (C=O) groups is 1. The molecule has 0 saturated carbocycles. The van der Waals surface area contributed by atoms with Gasteiger partial charge >= 0.3 is 11.8 Å². The highest BCUT2D eigenvalue weighted by atomic mass is 16.6. The van der Waals surface area contributed by atoms with Crippen molar-refractivity contribution in [3.8, 4) is 0 Å². The minimum atomic E-state index is -0.604. The number of aromatic nitrogens is 2. The van der Waals surface area contributed by atoms with E-state index in [-0.39, 0.29) is 0 Å². The molecule has 0 aliphatic rings. The van der Waals surface area contributed by atoms with E-state index in [4.69, 9.17) is 4.74 Å². The normalized spacial score (nSPS) is 11.2. The highest BCUT2D eigenvalue weighted by Crippen LogP contribution is 2.06. The fourth-order valence-corrected chi connectivity index (χ4v) is 0.965. The van der Waals surface area contributed by atoms with Crippen molar-refractivity contribution in [2.45, 2.75) is 32.8 Å². The quantitative estimate of drug-likeness (QED) is 0.783. The van der Waals surface area contributed by atoms with Crippen molar-refractivity contribution >= 4 is 6.09 Å². The Hall–Kier alpha value is -1.79. The lowest BCUT2D eigenvalue weighted by atomic mass is 10.2. The molecule has 0 bridgehead atoms. The number of rotatable bonds is 3. The molecule has 0 atom stereocenters. The van der Waals surface area contributed by atoms with Crippen molar-refractivity contribution in [3.63, 3.8) is 0 Å². The van der Waals surface area contributed by atoms with E-state index in [2.05, 4.69) is 20.0 Å². The molecule has 7 heteroatoms. The van der Waals surface area contributed by atoms with Crippen LogP contribution >= 0.6 is 0 Å². The Balaban J connectivity index is 2.26. The summed E-state index contributed by atoms with van der Waals surface area (Å²) in [6, 6.07) is 0. The zero-order chi connectivity index (χ0) is 12.2. The summed E-state index contributed by atoms with van der Waals surface area (Å²) in [7, 11) is 0. The molecule has 0 aromatic carbocycles. The molecule has 1 heterocycles. The monoisotopic (exact) mass is 229 g/mol. The van der Waals surface area contributed by atoms with Crippen molar-refractivity contribution < 1.29 is 14.1 Å². The van der Waals surface area contributed by atoms with Gasteiger partial charge in [-0.3, -0.25) is 9.51 Å². The molecule has 16 heavy (non-hydrogen) atoms. The number of nitrogens with one attached hydrogen (secondary N) is 2. The smallest absolute Gasteiger partial charge is 0.438 e. The summed E-state index contributed by atoms with van der Waals surface area (Å²) < 4.78 is 9.31. The summed E-state index contributed by atoms with van der Waals surface area (Å²) in [6.45, 7) is 5.66. The molecule has 0 fully saturated rings. The van der Waals surface area contributed by atoms with Crippen LogP contribution in [-0.2, 0) is 11.2 Å². The van der Waals surface area contributed by atoms with E-state index in [0.717, 1.165) is 0 Å². The predicted molar refractivity (Wildman–Crippen MR) is 55.1 cm³/mol. The third-order valence-corrected chi connectivity index (χ3v) is 1.52. The Morgan fingerprint density at radius 3 is 2.75 bits per heavy atom. The van der Waals surface area contributed by atoms with Crippen LogP contribution in [0.25, 0.3) is 0 Å². The summed E-state index contributed by atoms with van der Waals surface area (Å²) >= 11 is 0. The summed E-state index contributed by atoms with van der Waals surface area (Å²) in [6.07, 6.45) is -0.122. The van der Waals surface area contributed by atoms with Gasteiger partial charge in [0.05, 0.1) is 0 Å². The van der Waals surface area contributed by atoms with Crippen LogP contribution in [0.1, 0.15) is 26.6 Å². The van der Waals surface area contributed by atoms with E-state index >= 15 is 0 Å². The van der Waals surface area contributed by atoms with Gasteiger partial charge in [0, 0.05) is 13.0 Å². The van der Waals surface area contributed by atoms with Gasteiger partial charge in [-0.15, -0.1) is 0 Å². The minimum Gasteiger partial charge on any atom is -0.444 e. The molecule has 1 rings (SSSR count). The van der Waals surface area contributed by atoms with Crippen molar-refractivity contribution in [2.75, 3.05) is 6.54 Å². The molecule has 90 valence electrons. The largest absolute Gasteiger partial charge is 0.444 e. The number of hydrogen-bond acceptors (Lipinski definition) is 5. The first-order chi connectivity index (χ1) is 7.37. The lowest BCUT2D eigenvalue weighted by Gasteiger charge is -2.19. The van der Waals surface area contributed by atoms with Gasteiger partial charge in [0.15, 0.2) is 5.82 Å². The second-order valence-corrected chi connectivity index (χ2v) is 4.22. The molecule has 0 saturated heterocycles. The second kappa shape index (κ2) is 4.82. The Morgan fingerprint density at radius 1 is 1.56 bits per heavy atom. The molecule has 0 unspecified atom stereocenters. The standard InChI is InChI=1S/C9H15N3O4/c1-9(2,3)15-7(13)10-5-4-6-11-8(14)16-12-6/h4-5H2,1-3H3,(H,10,13)(H,11,12,14). The van der Waals surface area contributed by atoms with Crippen LogP contribution in [0.3, 0.4) is 0 Å². The second-order valence-electron chi connectivity index (χ2n) is 4.22. The van der Waals surface area contributed by atoms with Crippen LogP contribution in [0.2, 0.25) is 0 Å². The minimum absolute atomic E-state index is 0.317. The number of aromatic amines is 1. The zero-order valence-electron chi connectivity index (χ0n) is 9.49. The highest BCUT2D eigenvalue weighted by molar-refractivity contribution is 5.67. The van der Waals surface area contributed by atoms with Gasteiger partial charge < -0.3 is 10.1 Å². The van der Waals surface area contributed by atoms with E-state index in [9.17, 15) is 9.59 Å². The number of carbonyl (C=O) groups excluding carboxylic acids is 1. The summed E-state index contributed by atoms with van der Waals surface area (Å²) in [5.41, 5.74) is -0.522. The van der Waals surface area contributed by atoms with Crippen molar-refractivity contribution in [1.82, 2.24) is 15.5 Å². The van der Waals surface area contributed by atoms with Gasteiger partial charge in [0.25, 0.3) is 0 Å². The Labute approximate surface area is 92.2 Å². The van der Waals surface area contributed by atoms with Crippen LogP contribution < -0.4 is 11.1 Å². The van der Waals surface area contributed by atoms with E-state index < -0.39 is 17.5 Å². The van der Waals surface area contributed by atoms with Crippen LogP contribution in [0, 0.1) is 0 Å². The first kappa shape index (κ1) is 12.3. The fourth-order valence-electron chi connectivity index (χ4n) is 0.965. The van der Waals surface area contributed by atoms with Gasteiger partial charge in [0.2, 0.25) is 0 Å². The van der Waals surface area contributed by atoms with Crippen LogP contribution in [0.5, 0.6) is 0 Å². The van der Waals surface area contributed by atoms with Crippen molar-refractivity contribution in [1.29, 1.82) is 0 Å². The van der Waals surface area contributed by atoms with Gasteiger partial charge in [0.1, 0.15) is 5.60 Å². The van der Waals surface area contributed by atoms with Crippen molar-refractivity contribution in [3.05, 3.63) is 16.4 Å². The van der Waals surface area contributed by atoms with Gasteiger partial charge in [-0.1, -0.05) is 5.16 Å². The maximum absolute atomic E-state index is 11.2. The summed E-state index contributed by atoms with van der Waals surface area (Å²) in [5, 5.41) is 5.98. The third-order valence-electron chi connectivity index (χ3n) is 1.52. The Morgan fingerprint density at radius 2 is 2.25 bits per heavy atom. The molecule has 1 aromatic heterocycles. The van der Waals surface area contributed by atoms with Gasteiger partial charge in [-0.25, -0.2) is 9.59 Å². The molecule has 7 nitrogen and oxygen atoms in total. The molecular weight excluding hydrogens is 214 g/mol. The molecule has 2 N–H and O–H groups in total. The average molecular weight is 229 g/mol. The number of hydrogen-bond donors (Lipinski definition) is 2. The molecule has 0 spiro atoms. The van der Waals surface area contributed by atoms with Gasteiger partial charge in [-0.2, -0.15) is 0 Å². The lowest BCUT2D eigenvalue weighted by Crippen LogP contribution is -2.33. The maximum Gasteiger partial charge on any atom is 0.438 e.